The van der Waals surface area contributed by atoms with Gasteiger partial charge in [0.2, 0.25) is 5.91 Å². The molecule has 0 aliphatic carbocycles. The zero-order valence-corrected chi connectivity index (χ0v) is 12.9. The lowest BCUT2D eigenvalue weighted by atomic mass is 10.1. The summed E-state index contributed by atoms with van der Waals surface area (Å²) >= 11 is 11.9. The zero-order chi connectivity index (χ0) is 14.8. The van der Waals surface area contributed by atoms with Gasteiger partial charge in [0, 0.05) is 12.7 Å². The first-order chi connectivity index (χ1) is 10.1. The van der Waals surface area contributed by atoms with Gasteiger partial charge in [-0.2, -0.15) is 0 Å². The van der Waals surface area contributed by atoms with Crippen LogP contribution in [0, 0.1) is 0 Å². The van der Waals surface area contributed by atoms with Crippen LogP contribution < -0.4 is 4.90 Å². The number of carbonyl (C=O) groups excluding carboxylic acids is 1. The third kappa shape index (κ3) is 3.04. The summed E-state index contributed by atoms with van der Waals surface area (Å²) in [6, 6.07) is 9.12. The Kier molecular flexibility index (Phi) is 4.13. The molecule has 2 aromatic rings. The smallest absolute Gasteiger partial charge is 0.231 e. The summed E-state index contributed by atoms with van der Waals surface area (Å²) in [7, 11) is 0. The Morgan fingerprint density at radius 1 is 1.24 bits per heavy atom. The van der Waals surface area contributed by atoms with Gasteiger partial charge in [0.25, 0.3) is 0 Å². The summed E-state index contributed by atoms with van der Waals surface area (Å²) in [5, 5.41) is 0.975. The Labute approximate surface area is 133 Å². The fourth-order valence-electron chi connectivity index (χ4n) is 2.57. The fraction of sp³-hybridized carbons (Fsp3) is 0.250. The molecule has 108 valence electrons. The summed E-state index contributed by atoms with van der Waals surface area (Å²) in [6.07, 6.45) is 3.95. The molecule has 0 saturated heterocycles. The van der Waals surface area contributed by atoms with Crippen molar-refractivity contribution >= 4 is 34.8 Å². The van der Waals surface area contributed by atoms with E-state index in [-0.39, 0.29) is 5.91 Å². The van der Waals surface area contributed by atoms with Crippen LogP contribution in [-0.4, -0.2) is 17.4 Å². The molecule has 3 rings (SSSR count). The molecule has 1 aliphatic rings. The van der Waals surface area contributed by atoms with Gasteiger partial charge in [-0.15, -0.1) is 0 Å². The van der Waals surface area contributed by atoms with Crippen molar-refractivity contribution in [2.45, 2.75) is 19.3 Å². The van der Waals surface area contributed by atoms with Crippen LogP contribution in [-0.2, 0) is 17.6 Å². The molecule has 0 spiro atoms. The molecule has 0 radical (unpaired) electrons. The number of anilines is 1. The molecule has 0 atom stereocenters. The minimum Gasteiger partial charge on any atom is -0.310 e. The molecule has 3 nitrogen and oxygen atoms in total. The minimum atomic E-state index is 0.0577. The van der Waals surface area contributed by atoms with Gasteiger partial charge in [0.1, 0.15) is 0 Å². The number of hydrogen-bond acceptors (Lipinski definition) is 2. The lowest BCUT2D eigenvalue weighted by Gasteiger charge is -2.28. The van der Waals surface area contributed by atoms with Gasteiger partial charge in [0.05, 0.1) is 27.8 Å². The van der Waals surface area contributed by atoms with Crippen LogP contribution in [0.3, 0.4) is 0 Å². The molecule has 21 heavy (non-hydrogen) atoms. The van der Waals surface area contributed by atoms with Gasteiger partial charge in [-0.05, 0) is 42.7 Å². The molecule has 1 aliphatic heterocycles. The third-order valence-electron chi connectivity index (χ3n) is 3.59. The van der Waals surface area contributed by atoms with E-state index in [0.29, 0.717) is 16.5 Å². The van der Waals surface area contributed by atoms with E-state index in [9.17, 15) is 4.79 Å². The summed E-state index contributed by atoms with van der Waals surface area (Å²) in [4.78, 5) is 18.7. The molecule has 1 amide bonds. The van der Waals surface area contributed by atoms with E-state index in [4.69, 9.17) is 23.2 Å². The zero-order valence-electron chi connectivity index (χ0n) is 11.4. The molecule has 5 heteroatoms. The second-order valence-electron chi connectivity index (χ2n) is 5.04. The predicted octanol–water partition coefficient (Wildman–Crippen LogP) is 3.91. The first-order valence-corrected chi connectivity index (χ1v) is 7.59. The standard InChI is InChI=1S/C16H14Cl2N2O/c17-12-6-5-11(9-13(12)18)10-16(21)20-8-2-3-14-15(20)4-1-7-19-14/h1,4-7,9H,2-3,8,10H2. The lowest BCUT2D eigenvalue weighted by Crippen LogP contribution is -2.36. The maximum Gasteiger partial charge on any atom is 0.231 e. The van der Waals surface area contributed by atoms with E-state index < -0.39 is 0 Å². The molecule has 0 bridgehead atoms. The van der Waals surface area contributed by atoms with E-state index in [1.807, 2.05) is 23.1 Å². The quantitative estimate of drug-likeness (QED) is 0.840. The van der Waals surface area contributed by atoms with Crippen LogP contribution in [0.2, 0.25) is 10.0 Å². The van der Waals surface area contributed by atoms with E-state index in [1.54, 1.807) is 18.3 Å². The van der Waals surface area contributed by atoms with Crippen molar-refractivity contribution in [3.8, 4) is 0 Å². The van der Waals surface area contributed by atoms with Crippen LogP contribution in [0.4, 0.5) is 5.69 Å². The Morgan fingerprint density at radius 3 is 2.90 bits per heavy atom. The molecular weight excluding hydrogens is 307 g/mol. The molecule has 2 heterocycles. The average Bonchev–Trinajstić information content (AvgIpc) is 2.50. The predicted molar refractivity (Wildman–Crippen MR) is 85.1 cm³/mol. The lowest BCUT2D eigenvalue weighted by molar-refractivity contribution is -0.118. The Bertz CT molecular complexity index is 688. The first-order valence-electron chi connectivity index (χ1n) is 6.83. The molecule has 0 unspecified atom stereocenters. The monoisotopic (exact) mass is 320 g/mol. The Morgan fingerprint density at radius 2 is 2.10 bits per heavy atom. The maximum atomic E-state index is 12.5. The molecule has 0 fully saturated rings. The van der Waals surface area contributed by atoms with Gasteiger partial charge < -0.3 is 4.90 Å². The SMILES string of the molecule is O=C(Cc1ccc(Cl)c(Cl)c1)N1CCCc2ncccc21. The number of nitrogens with zero attached hydrogens (tertiary/aromatic N) is 2. The largest absolute Gasteiger partial charge is 0.310 e. The number of fused-ring (bicyclic) bond motifs is 1. The highest BCUT2D eigenvalue weighted by Crippen LogP contribution is 2.27. The van der Waals surface area contributed by atoms with E-state index in [1.165, 1.54) is 0 Å². The second kappa shape index (κ2) is 6.04. The molecule has 1 aromatic heterocycles. The highest BCUT2D eigenvalue weighted by atomic mass is 35.5. The van der Waals surface area contributed by atoms with Gasteiger partial charge in [-0.25, -0.2) is 0 Å². The number of hydrogen-bond donors (Lipinski definition) is 0. The number of halogens is 2. The topological polar surface area (TPSA) is 33.2 Å². The molecule has 0 N–H and O–H groups in total. The highest BCUT2D eigenvalue weighted by Gasteiger charge is 2.23. The Hall–Kier alpha value is -1.58. The van der Waals surface area contributed by atoms with Crippen LogP contribution >= 0.6 is 23.2 Å². The normalized spacial score (nSPS) is 13.9. The van der Waals surface area contributed by atoms with Gasteiger partial charge in [-0.1, -0.05) is 29.3 Å². The van der Waals surface area contributed by atoms with Crippen molar-refractivity contribution in [3.05, 3.63) is 57.8 Å². The summed E-state index contributed by atoms with van der Waals surface area (Å²) in [5.74, 6) is 0.0577. The molecule has 0 saturated carbocycles. The third-order valence-corrected chi connectivity index (χ3v) is 4.33. The summed E-state index contributed by atoms with van der Waals surface area (Å²) in [6.45, 7) is 0.735. The number of rotatable bonds is 2. The van der Waals surface area contributed by atoms with Crippen LogP contribution in [0.1, 0.15) is 17.7 Å². The van der Waals surface area contributed by atoms with E-state index in [2.05, 4.69) is 4.98 Å². The van der Waals surface area contributed by atoms with E-state index >= 15 is 0 Å². The van der Waals surface area contributed by atoms with E-state index in [0.717, 1.165) is 36.3 Å². The summed E-state index contributed by atoms with van der Waals surface area (Å²) in [5.41, 5.74) is 2.78. The number of amides is 1. The van der Waals surface area contributed by atoms with Crippen molar-refractivity contribution in [1.82, 2.24) is 4.98 Å². The molecular formula is C16H14Cl2N2O. The van der Waals surface area contributed by atoms with Crippen molar-refractivity contribution in [2.75, 3.05) is 11.4 Å². The van der Waals surface area contributed by atoms with Crippen molar-refractivity contribution in [3.63, 3.8) is 0 Å². The van der Waals surface area contributed by atoms with Crippen molar-refractivity contribution < 1.29 is 4.79 Å². The number of aryl methyl sites for hydroxylation is 1. The van der Waals surface area contributed by atoms with Crippen LogP contribution in [0.25, 0.3) is 0 Å². The number of carbonyl (C=O) groups is 1. The van der Waals surface area contributed by atoms with Gasteiger partial charge in [0.15, 0.2) is 0 Å². The number of aromatic nitrogens is 1. The number of benzene rings is 1. The minimum absolute atomic E-state index is 0.0577. The molecule has 1 aromatic carbocycles. The average molecular weight is 321 g/mol. The maximum absolute atomic E-state index is 12.5. The summed E-state index contributed by atoms with van der Waals surface area (Å²) < 4.78 is 0. The van der Waals surface area contributed by atoms with Crippen LogP contribution in [0.5, 0.6) is 0 Å². The van der Waals surface area contributed by atoms with Crippen molar-refractivity contribution in [1.29, 1.82) is 0 Å². The number of pyridine rings is 1. The fourth-order valence-corrected chi connectivity index (χ4v) is 2.89. The van der Waals surface area contributed by atoms with Crippen LogP contribution in [0.15, 0.2) is 36.5 Å². The van der Waals surface area contributed by atoms with Gasteiger partial charge in [-0.3, -0.25) is 9.78 Å². The van der Waals surface area contributed by atoms with Gasteiger partial charge >= 0.3 is 0 Å². The first kappa shape index (κ1) is 14.4. The highest BCUT2D eigenvalue weighted by molar-refractivity contribution is 6.42. The second-order valence-corrected chi connectivity index (χ2v) is 5.86. The Balaban J connectivity index is 1.81. The van der Waals surface area contributed by atoms with Crippen molar-refractivity contribution in [2.24, 2.45) is 0 Å².